The molecule has 0 fully saturated rings. The fourth-order valence-corrected chi connectivity index (χ4v) is 5.16. The molecule has 0 saturated heterocycles. The van der Waals surface area contributed by atoms with Crippen LogP contribution in [0.15, 0.2) is 53.9 Å². The zero-order valence-electron chi connectivity index (χ0n) is 17.8. The minimum absolute atomic E-state index is 0.0548. The van der Waals surface area contributed by atoms with Crippen LogP contribution in [0.25, 0.3) is 0 Å². The molecule has 3 heterocycles. The van der Waals surface area contributed by atoms with Crippen LogP contribution in [0, 0.1) is 6.92 Å². The summed E-state index contributed by atoms with van der Waals surface area (Å²) in [5, 5.41) is 5.01. The van der Waals surface area contributed by atoms with E-state index < -0.39 is 0 Å². The van der Waals surface area contributed by atoms with Gasteiger partial charge in [0.2, 0.25) is 5.91 Å². The van der Waals surface area contributed by atoms with E-state index in [1.807, 2.05) is 48.6 Å². The molecule has 7 heteroatoms. The summed E-state index contributed by atoms with van der Waals surface area (Å²) in [6.45, 7) is 3.83. The second kappa shape index (κ2) is 8.24. The maximum Gasteiger partial charge on any atom is 0.261 e. The van der Waals surface area contributed by atoms with Crippen LogP contribution in [0.5, 0.6) is 0 Å². The molecule has 0 saturated carbocycles. The van der Waals surface area contributed by atoms with Crippen molar-refractivity contribution < 1.29 is 14.4 Å². The fraction of sp³-hybridized carbons (Fsp3) is 0.240. The molecular formula is C25H23N3O3S. The first-order valence-corrected chi connectivity index (χ1v) is 11.5. The Morgan fingerprint density at radius 2 is 1.81 bits per heavy atom. The first-order valence-electron chi connectivity index (χ1n) is 10.7. The lowest BCUT2D eigenvalue weighted by atomic mass is 10.1. The molecule has 1 N–H and O–H groups in total. The zero-order chi connectivity index (χ0) is 22.2. The number of benzene rings is 2. The molecule has 1 aromatic heterocycles. The van der Waals surface area contributed by atoms with Gasteiger partial charge in [0.1, 0.15) is 0 Å². The van der Waals surface area contributed by atoms with Crippen molar-refractivity contribution in [3.05, 3.63) is 81.0 Å². The third kappa shape index (κ3) is 3.80. The minimum Gasteiger partial charge on any atom is -0.367 e. The Morgan fingerprint density at radius 1 is 1.03 bits per heavy atom. The molecule has 0 spiro atoms. The smallest absolute Gasteiger partial charge is 0.261 e. The monoisotopic (exact) mass is 445 g/mol. The number of nitrogens with one attached hydrogen (secondary N) is 1. The van der Waals surface area contributed by atoms with Crippen molar-refractivity contribution in [1.82, 2.24) is 4.90 Å². The Kier molecular flexibility index (Phi) is 5.27. The molecule has 0 unspecified atom stereocenters. The molecule has 0 aliphatic carbocycles. The summed E-state index contributed by atoms with van der Waals surface area (Å²) in [7, 11) is 0. The van der Waals surface area contributed by atoms with Crippen molar-refractivity contribution in [2.45, 2.75) is 26.3 Å². The topological polar surface area (TPSA) is 69.7 Å². The third-order valence-corrected chi connectivity index (χ3v) is 7.04. The minimum atomic E-state index is -0.336. The van der Waals surface area contributed by atoms with E-state index in [1.165, 1.54) is 10.4 Å². The lowest BCUT2D eigenvalue weighted by Gasteiger charge is -2.29. The number of carbonyl (C=O) groups excluding carboxylic acids is 3. The molecule has 3 amide bonds. The van der Waals surface area contributed by atoms with Crippen molar-refractivity contribution in [1.29, 1.82) is 0 Å². The van der Waals surface area contributed by atoms with Gasteiger partial charge in [-0.25, -0.2) is 0 Å². The molecular weight excluding hydrogens is 422 g/mol. The molecule has 162 valence electrons. The summed E-state index contributed by atoms with van der Waals surface area (Å²) in [6, 6.07) is 15.2. The van der Waals surface area contributed by atoms with Gasteiger partial charge < -0.3 is 10.2 Å². The number of hydrogen-bond donors (Lipinski definition) is 1. The lowest BCUT2D eigenvalue weighted by Crippen LogP contribution is -2.32. The van der Waals surface area contributed by atoms with E-state index in [-0.39, 0.29) is 30.7 Å². The summed E-state index contributed by atoms with van der Waals surface area (Å²) in [4.78, 5) is 42.5. The normalized spacial score (nSPS) is 15.0. The number of thiophene rings is 1. The average Bonchev–Trinajstić information content (AvgIpc) is 3.35. The maximum absolute atomic E-state index is 12.5. The molecule has 2 aliphatic heterocycles. The lowest BCUT2D eigenvalue weighted by molar-refractivity contribution is -0.116. The number of hydrogen-bond acceptors (Lipinski definition) is 5. The van der Waals surface area contributed by atoms with Gasteiger partial charge in [0.15, 0.2) is 0 Å². The predicted molar refractivity (Wildman–Crippen MR) is 125 cm³/mol. The Morgan fingerprint density at radius 3 is 2.62 bits per heavy atom. The summed E-state index contributed by atoms with van der Waals surface area (Å²) in [6.07, 6.45) is 1.11. The number of carbonyl (C=O) groups is 3. The molecule has 2 aliphatic rings. The van der Waals surface area contributed by atoms with Gasteiger partial charge in [-0.3, -0.25) is 19.3 Å². The van der Waals surface area contributed by atoms with Crippen molar-refractivity contribution in [3.63, 3.8) is 0 Å². The number of anilines is 2. The maximum atomic E-state index is 12.5. The Hall–Kier alpha value is -3.45. The largest absolute Gasteiger partial charge is 0.367 e. The number of rotatable bonds is 5. The van der Waals surface area contributed by atoms with E-state index in [0.29, 0.717) is 16.8 Å². The SMILES string of the molecule is Cc1ccc2c(c1)C(=O)N(CCC(=O)Nc1ccc(N3CCc4sccc4C3)cc1)C2=O. The second-order valence-electron chi connectivity index (χ2n) is 8.20. The predicted octanol–water partition coefficient (Wildman–Crippen LogP) is 4.24. The van der Waals surface area contributed by atoms with Gasteiger partial charge in [-0.05, 0) is 66.8 Å². The van der Waals surface area contributed by atoms with Crippen LogP contribution < -0.4 is 10.2 Å². The molecule has 6 nitrogen and oxygen atoms in total. The molecule has 2 aromatic carbocycles. The first kappa shape index (κ1) is 20.5. The molecule has 0 bridgehead atoms. The van der Waals surface area contributed by atoms with Gasteiger partial charge >= 0.3 is 0 Å². The Bertz CT molecular complexity index is 1220. The molecule has 5 rings (SSSR count). The molecule has 0 atom stereocenters. The van der Waals surface area contributed by atoms with Crippen LogP contribution in [0.3, 0.4) is 0 Å². The number of amides is 3. The van der Waals surface area contributed by atoms with Crippen LogP contribution >= 0.6 is 11.3 Å². The fourth-order valence-electron chi connectivity index (χ4n) is 4.27. The summed E-state index contributed by atoms with van der Waals surface area (Å²) < 4.78 is 0. The molecule has 32 heavy (non-hydrogen) atoms. The van der Waals surface area contributed by atoms with E-state index in [0.717, 1.165) is 35.7 Å². The van der Waals surface area contributed by atoms with Crippen LogP contribution in [0.1, 0.15) is 43.1 Å². The highest BCUT2D eigenvalue weighted by molar-refractivity contribution is 7.10. The van der Waals surface area contributed by atoms with Crippen LogP contribution in [0.4, 0.5) is 11.4 Å². The van der Waals surface area contributed by atoms with E-state index >= 15 is 0 Å². The number of aryl methyl sites for hydroxylation is 1. The van der Waals surface area contributed by atoms with Crippen molar-refractivity contribution in [3.8, 4) is 0 Å². The van der Waals surface area contributed by atoms with Gasteiger partial charge in [0, 0.05) is 42.3 Å². The van der Waals surface area contributed by atoms with E-state index in [4.69, 9.17) is 0 Å². The van der Waals surface area contributed by atoms with Gasteiger partial charge in [-0.15, -0.1) is 11.3 Å². The van der Waals surface area contributed by atoms with E-state index in [9.17, 15) is 14.4 Å². The van der Waals surface area contributed by atoms with Crippen molar-refractivity contribution >= 4 is 40.4 Å². The number of nitrogens with zero attached hydrogens (tertiary/aromatic N) is 2. The number of fused-ring (bicyclic) bond motifs is 2. The summed E-state index contributed by atoms with van der Waals surface area (Å²) in [5.74, 6) is -0.898. The Balaban J connectivity index is 1.17. The molecule has 3 aromatic rings. The third-order valence-electron chi connectivity index (χ3n) is 6.01. The highest BCUT2D eigenvalue weighted by atomic mass is 32.1. The highest BCUT2D eigenvalue weighted by Crippen LogP contribution is 2.28. The standard InChI is InChI=1S/C25H23N3O3S/c1-16-2-7-20-21(14-16)25(31)28(24(20)30)12-9-23(29)26-18-3-5-19(6-4-18)27-11-8-22-17(15-27)10-13-32-22/h2-7,10,13-14H,8-9,11-12,15H2,1H3,(H,26,29). The van der Waals surface area contributed by atoms with Crippen molar-refractivity contribution in [2.24, 2.45) is 0 Å². The van der Waals surface area contributed by atoms with Crippen molar-refractivity contribution in [2.75, 3.05) is 23.3 Å². The van der Waals surface area contributed by atoms with Gasteiger partial charge in [0.25, 0.3) is 11.8 Å². The highest BCUT2D eigenvalue weighted by Gasteiger charge is 2.35. The quantitative estimate of drug-likeness (QED) is 0.597. The summed E-state index contributed by atoms with van der Waals surface area (Å²) >= 11 is 1.82. The zero-order valence-corrected chi connectivity index (χ0v) is 18.6. The number of imide groups is 1. The first-order chi connectivity index (χ1) is 15.5. The average molecular weight is 446 g/mol. The van der Waals surface area contributed by atoms with Crippen LogP contribution in [-0.2, 0) is 17.8 Å². The van der Waals surface area contributed by atoms with Crippen LogP contribution in [0.2, 0.25) is 0 Å². The van der Waals surface area contributed by atoms with Gasteiger partial charge in [-0.1, -0.05) is 11.6 Å². The van der Waals surface area contributed by atoms with Gasteiger partial charge in [0.05, 0.1) is 11.1 Å². The van der Waals surface area contributed by atoms with E-state index in [2.05, 4.69) is 21.7 Å². The van der Waals surface area contributed by atoms with Crippen LogP contribution in [-0.4, -0.2) is 35.7 Å². The second-order valence-corrected chi connectivity index (χ2v) is 9.20. The summed E-state index contributed by atoms with van der Waals surface area (Å²) in [5.41, 5.74) is 4.96. The van der Waals surface area contributed by atoms with Gasteiger partial charge in [-0.2, -0.15) is 0 Å². The Labute approximate surface area is 190 Å². The molecule has 0 radical (unpaired) electrons. The van der Waals surface area contributed by atoms with E-state index in [1.54, 1.807) is 12.1 Å².